The van der Waals surface area contributed by atoms with E-state index in [1.165, 1.54) is 6.92 Å². The van der Waals surface area contributed by atoms with Crippen LogP contribution in [0.5, 0.6) is 0 Å². The number of sulfonamides is 1. The highest BCUT2D eigenvalue weighted by Gasteiger charge is 2.37. The fourth-order valence-corrected chi connectivity index (χ4v) is 4.12. The zero-order chi connectivity index (χ0) is 19.5. The van der Waals surface area contributed by atoms with E-state index in [1.54, 1.807) is 9.80 Å². The predicted octanol–water partition coefficient (Wildman–Crippen LogP) is -1.43. The predicted molar refractivity (Wildman–Crippen MR) is 90.8 cm³/mol. The summed E-state index contributed by atoms with van der Waals surface area (Å²) in [5.74, 6) is -1.58. The number of hydrogen-bond acceptors (Lipinski definition) is 6. The molecule has 0 aromatic carbocycles. The molecule has 0 unspecified atom stereocenters. The normalized spacial score (nSPS) is 24.1. The van der Waals surface area contributed by atoms with Gasteiger partial charge in [0, 0.05) is 33.1 Å². The molecule has 0 bridgehead atoms. The smallest absolute Gasteiger partial charge is 0.318 e. The Balaban J connectivity index is 2.02. The Hall–Kier alpha value is -1.72. The highest BCUT2D eigenvalue weighted by Crippen LogP contribution is 2.21. The van der Waals surface area contributed by atoms with E-state index in [-0.39, 0.29) is 31.5 Å². The lowest BCUT2D eigenvalue weighted by Gasteiger charge is -2.37. The number of ether oxygens (including phenoxy) is 1. The molecule has 2 heterocycles. The van der Waals surface area contributed by atoms with Crippen LogP contribution in [-0.4, -0.2) is 103 Å². The van der Waals surface area contributed by atoms with Crippen LogP contribution in [0.1, 0.15) is 19.8 Å². The topological polar surface area (TPSA) is 125 Å². The van der Waals surface area contributed by atoms with Gasteiger partial charge in [-0.2, -0.15) is 4.31 Å². The molecule has 0 aliphatic carbocycles. The molecule has 26 heavy (non-hydrogen) atoms. The summed E-state index contributed by atoms with van der Waals surface area (Å²) in [5, 5.41) is 8.89. The number of carbonyl (C=O) groups excluding carboxylic acids is 2. The first-order valence-electron chi connectivity index (χ1n) is 8.44. The Kier molecular flexibility index (Phi) is 6.58. The minimum absolute atomic E-state index is 0.143. The van der Waals surface area contributed by atoms with Crippen LogP contribution in [0.25, 0.3) is 0 Å². The maximum Gasteiger partial charge on any atom is 0.318 e. The third-order valence-corrected chi connectivity index (χ3v) is 5.80. The van der Waals surface area contributed by atoms with Crippen molar-refractivity contribution in [3.8, 4) is 0 Å². The van der Waals surface area contributed by atoms with Gasteiger partial charge < -0.3 is 19.6 Å². The SMILES string of the molecule is CC(=O)N1CCC[C@H]1C(=O)N1CCO[C@@H](CN(CC(=O)O)S(C)(=O)=O)C1. The van der Waals surface area contributed by atoms with E-state index in [2.05, 4.69) is 0 Å². The number of morpholine rings is 1. The van der Waals surface area contributed by atoms with Gasteiger partial charge in [0.2, 0.25) is 21.8 Å². The third kappa shape index (κ3) is 5.15. The van der Waals surface area contributed by atoms with Gasteiger partial charge in [-0.15, -0.1) is 0 Å². The summed E-state index contributed by atoms with van der Waals surface area (Å²) >= 11 is 0. The maximum absolute atomic E-state index is 12.8. The summed E-state index contributed by atoms with van der Waals surface area (Å²) in [5.41, 5.74) is 0. The summed E-state index contributed by atoms with van der Waals surface area (Å²) in [7, 11) is -3.72. The fraction of sp³-hybridized carbons (Fsp3) is 0.800. The van der Waals surface area contributed by atoms with E-state index < -0.39 is 34.7 Å². The Morgan fingerprint density at radius 2 is 1.96 bits per heavy atom. The van der Waals surface area contributed by atoms with Crippen molar-refractivity contribution in [2.45, 2.75) is 31.9 Å². The molecule has 0 radical (unpaired) electrons. The quantitative estimate of drug-likeness (QED) is 0.589. The summed E-state index contributed by atoms with van der Waals surface area (Å²) < 4.78 is 29.9. The molecule has 2 rings (SSSR count). The highest BCUT2D eigenvalue weighted by atomic mass is 32.2. The second-order valence-corrected chi connectivity index (χ2v) is 8.58. The van der Waals surface area contributed by atoms with Gasteiger partial charge in [0.15, 0.2) is 0 Å². The van der Waals surface area contributed by atoms with E-state index >= 15 is 0 Å². The van der Waals surface area contributed by atoms with E-state index in [4.69, 9.17) is 9.84 Å². The Morgan fingerprint density at radius 3 is 2.54 bits per heavy atom. The molecule has 148 valence electrons. The number of nitrogens with zero attached hydrogens (tertiary/aromatic N) is 3. The van der Waals surface area contributed by atoms with Gasteiger partial charge in [-0.3, -0.25) is 14.4 Å². The van der Waals surface area contributed by atoms with Crippen molar-refractivity contribution in [3.63, 3.8) is 0 Å². The van der Waals surface area contributed by atoms with Gasteiger partial charge in [0.1, 0.15) is 12.6 Å². The van der Waals surface area contributed by atoms with Crippen molar-refractivity contribution in [3.05, 3.63) is 0 Å². The molecule has 2 saturated heterocycles. The van der Waals surface area contributed by atoms with Crippen LogP contribution in [0.4, 0.5) is 0 Å². The van der Waals surface area contributed by atoms with Gasteiger partial charge >= 0.3 is 5.97 Å². The molecule has 2 amide bonds. The van der Waals surface area contributed by atoms with Gasteiger partial charge in [0.25, 0.3) is 0 Å². The number of amides is 2. The van der Waals surface area contributed by atoms with Crippen LogP contribution in [0.3, 0.4) is 0 Å². The highest BCUT2D eigenvalue weighted by molar-refractivity contribution is 7.88. The van der Waals surface area contributed by atoms with Crippen molar-refractivity contribution >= 4 is 27.8 Å². The first-order chi connectivity index (χ1) is 12.1. The van der Waals surface area contributed by atoms with Crippen LogP contribution in [0.2, 0.25) is 0 Å². The average Bonchev–Trinajstić information content (AvgIpc) is 3.02. The largest absolute Gasteiger partial charge is 0.480 e. The minimum Gasteiger partial charge on any atom is -0.480 e. The van der Waals surface area contributed by atoms with E-state index in [0.29, 0.717) is 19.5 Å². The lowest BCUT2D eigenvalue weighted by Crippen LogP contribution is -2.55. The Bertz CT molecular complexity index is 666. The van der Waals surface area contributed by atoms with Crippen molar-refractivity contribution in [1.82, 2.24) is 14.1 Å². The monoisotopic (exact) mass is 391 g/mol. The van der Waals surface area contributed by atoms with Gasteiger partial charge in [-0.05, 0) is 12.8 Å². The summed E-state index contributed by atoms with van der Waals surface area (Å²) in [6.07, 6.45) is 1.69. The maximum atomic E-state index is 12.8. The van der Waals surface area contributed by atoms with Gasteiger partial charge in [-0.25, -0.2) is 8.42 Å². The van der Waals surface area contributed by atoms with Gasteiger partial charge in [-0.1, -0.05) is 0 Å². The molecule has 2 aliphatic rings. The summed E-state index contributed by atoms with van der Waals surface area (Å²) in [6.45, 7) is 1.93. The zero-order valence-electron chi connectivity index (χ0n) is 15.0. The first-order valence-corrected chi connectivity index (χ1v) is 10.3. The molecule has 0 aromatic heterocycles. The molecule has 0 saturated carbocycles. The summed E-state index contributed by atoms with van der Waals surface area (Å²) in [4.78, 5) is 38.5. The number of rotatable bonds is 6. The molecule has 2 fully saturated rings. The van der Waals surface area contributed by atoms with E-state index in [9.17, 15) is 22.8 Å². The number of carboxylic acids is 1. The molecule has 2 atom stereocenters. The lowest BCUT2D eigenvalue weighted by atomic mass is 10.1. The fourth-order valence-electron chi connectivity index (χ4n) is 3.34. The lowest BCUT2D eigenvalue weighted by molar-refractivity contribution is -0.148. The van der Waals surface area contributed by atoms with Crippen molar-refractivity contribution in [1.29, 1.82) is 0 Å². The zero-order valence-corrected chi connectivity index (χ0v) is 15.8. The average molecular weight is 391 g/mol. The minimum atomic E-state index is -3.72. The van der Waals surface area contributed by atoms with E-state index in [1.807, 2.05) is 0 Å². The summed E-state index contributed by atoms with van der Waals surface area (Å²) in [6, 6.07) is -0.490. The Labute approximate surface area is 152 Å². The number of likely N-dealkylation sites (tertiary alicyclic amines) is 1. The molecule has 10 nitrogen and oxygen atoms in total. The molecule has 2 aliphatic heterocycles. The van der Waals surface area contributed by atoms with Crippen LogP contribution < -0.4 is 0 Å². The van der Waals surface area contributed by atoms with Crippen LogP contribution in [0.15, 0.2) is 0 Å². The number of carbonyl (C=O) groups is 3. The molecule has 0 spiro atoms. The number of aliphatic carboxylic acids is 1. The second kappa shape index (κ2) is 8.31. The molecule has 1 N–H and O–H groups in total. The second-order valence-electron chi connectivity index (χ2n) is 6.60. The van der Waals surface area contributed by atoms with Gasteiger partial charge in [0.05, 0.1) is 19.0 Å². The van der Waals surface area contributed by atoms with E-state index in [0.717, 1.165) is 17.0 Å². The number of hydrogen-bond donors (Lipinski definition) is 1. The standard InChI is InChI=1S/C15H25N3O7S/c1-11(19)18-5-3-4-13(18)15(22)16-6-7-25-12(8-16)9-17(10-14(20)21)26(2,23)24/h12-13H,3-10H2,1-2H3,(H,20,21)/t12-,13+/m1/s1. The first kappa shape index (κ1) is 20.6. The molecule has 11 heteroatoms. The molecule has 0 aromatic rings. The van der Waals surface area contributed by atoms with Crippen LogP contribution in [0, 0.1) is 0 Å². The number of carboxylic acid groups (broad SMARTS) is 1. The molecular formula is C15H25N3O7S. The van der Waals surface area contributed by atoms with Crippen molar-refractivity contribution in [2.24, 2.45) is 0 Å². The van der Waals surface area contributed by atoms with Crippen LogP contribution in [-0.2, 0) is 29.1 Å². The van der Waals surface area contributed by atoms with Crippen LogP contribution >= 0.6 is 0 Å². The Morgan fingerprint density at radius 1 is 1.27 bits per heavy atom. The van der Waals surface area contributed by atoms with Crippen molar-refractivity contribution in [2.75, 3.05) is 45.6 Å². The molecular weight excluding hydrogens is 366 g/mol. The third-order valence-electron chi connectivity index (χ3n) is 4.58. The van der Waals surface area contributed by atoms with Crippen molar-refractivity contribution < 1.29 is 32.6 Å².